The third-order valence-electron chi connectivity index (χ3n) is 4.11. The number of aromatic hydroxyl groups is 1. The highest BCUT2D eigenvalue weighted by Crippen LogP contribution is 2.31. The number of halogens is 1. The molecule has 136 valence electrons. The minimum Gasteiger partial charge on any atom is -0.507 e. The standard InChI is InChI=1S/C20H23IN4O/c1-12(2)9-14(22)11-23-19-15-5-3-4-6-17(15)24-20(25-19)16-10-13(21)7-8-18(16)26/h3-8,10,12,14,26H,9,11,22H2,1-2H3,(H,23,24,25)/t14-/m1/s1. The second-order valence-corrected chi connectivity index (χ2v) is 8.09. The van der Waals surface area contributed by atoms with Crippen molar-refractivity contribution in [2.24, 2.45) is 11.7 Å². The van der Waals surface area contributed by atoms with Crippen LogP contribution >= 0.6 is 22.6 Å². The minimum absolute atomic E-state index is 0.0539. The largest absolute Gasteiger partial charge is 0.507 e. The van der Waals surface area contributed by atoms with Crippen molar-refractivity contribution >= 4 is 39.3 Å². The van der Waals surface area contributed by atoms with Crippen molar-refractivity contribution in [1.82, 2.24) is 9.97 Å². The molecule has 0 bridgehead atoms. The van der Waals surface area contributed by atoms with Crippen LogP contribution in [-0.2, 0) is 0 Å². The zero-order valence-corrected chi connectivity index (χ0v) is 17.1. The topological polar surface area (TPSA) is 84.1 Å². The molecule has 0 saturated heterocycles. The van der Waals surface area contributed by atoms with Crippen LogP contribution in [0.5, 0.6) is 5.75 Å². The fourth-order valence-electron chi connectivity index (χ4n) is 2.94. The molecule has 0 saturated carbocycles. The first kappa shape index (κ1) is 18.8. The molecule has 1 atom stereocenters. The van der Waals surface area contributed by atoms with Gasteiger partial charge in [0.25, 0.3) is 0 Å². The molecule has 4 N–H and O–H groups in total. The minimum atomic E-state index is 0.0539. The summed E-state index contributed by atoms with van der Waals surface area (Å²) >= 11 is 2.21. The van der Waals surface area contributed by atoms with Crippen LogP contribution in [0.2, 0.25) is 0 Å². The van der Waals surface area contributed by atoms with Crippen molar-refractivity contribution in [3.63, 3.8) is 0 Å². The lowest BCUT2D eigenvalue weighted by Gasteiger charge is -2.17. The molecule has 2 aromatic carbocycles. The molecular weight excluding hydrogens is 439 g/mol. The van der Waals surface area contributed by atoms with E-state index in [9.17, 15) is 5.11 Å². The Balaban J connectivity index is 2.00. The van der Waals surface area contributed by atoms with E-state index in [1.807, 2.05) is 36.4 Å². The highest BCUT2D eigenvalue weighted by atomic mass is 127. The van der Waals surface area contributed by atoms with Crippen LogP contribution in [0.15, 0.2) is 42.5 Å². The van der Waals surface area contributed by atoms with Gasteiger partial charge in [-0.3, -0.25) is 0 Å². The zero-order chi connectivity index (χ0) is 18.7. The molecule has 0 amide bonds. The molecule has 0 aliphatic carbocycles. The van der Waals surface area contributed by atoms with E-state index >= 15 is 0 Å². The second kappa shape index (κ2) is 8.18. The van der Waals surface area contributed by atoms with E-state index in [4.69, 9.17) is 5.73 Å². The van der Waals surface area contributed by atoms with Crippen molar-refractivity contribution in [3.8, 4) is 17.1 Å². The van der Waals surface area contributed by atoms with Gasteiger partial charge in [0.15, 0.2) is 5.82 Å². The molecular formula is C20H23IN4O. The van der Waals surface area contributed by atoms with Gasteiger partial charge in [-0.1, -0.05) is 26.0 Å². The molecule has 3 rings (SSSR count). The van der Waals surface area contributed by atoms with Crippen molar-refractivity contribution < 1.29 is 5.11 Å². The number of nitrogens with zero attached hydrogens (tertiary/aromatic N) is 2. The van der Waals surface area contributed by atoms with Crippen molar-refractivity contribution in [1.29, 1.82) is 0 Å². The SMILES string of the molecule is CC(C)C[C@@H](N)CNc1nc(-c2cc(I)ccc2O)nc2ccccc12. The molecule has 0 aliphatic rings. The third-order valence-corrected chi connectivity index (χ3v) is 4.78. The normalized spacial score (nSPS) is 12.5. The Kier molecular flexibility index (Phi) is 5.93. The molecule has 3 aromatic rings. The Morgan fingerprint density at radius 1 is 1.15 bits per heavy atom. The van der Waals surface area contributed by atoms with E-state index in [1.165, 1.54) is 0 Å². The van der Waals surface area contributed by atoms with Crippen LogP contribution in [0, 0.1) is 9.49 Å². The lowest BCUT2D eigenvalue weighted by atomic mass is 10.0. The molecule has 26 heavy (non-hydrogen) atoms. The number of rotatable bonds is 6. The lowest BCUT2D eigenvalue weighted by molar-refractivity contribution is 0.477. The summed E-state index contributed by atoms with van der Waals surface area (Å²) in [4.78, 5) is 9.32. The first-order valence-electron chi connectivity index (χ1n) is 8.69. The van der Waals surface area contributed by atoms with E-state index in [0.29, 0.717) is 23.9 Å². The van der Waals surface area contributed by atoms with Gasteiger partial charge in [-0.2, -0.15) is 0 Å². The maximum Gasteiger partial charge on any atom is 0.165 e. The van der Waals surface area contributed by atoms with Gasteiger partial charge in [-0.05, 0) is 65.3 Å². The van der Waals surface area contributed by atoms with Crippen molar-refractivity contribution in [2.45, 2.75) is 26.3 Å². The second-order valence-electron chi connectivity index (χ2n) is 6.84. The van der Waals surface area contributed by atoms with Gasteiger partial charge in [0.05, 0.1) is 11.1 Å². The molecule has 0 fully saturated rings. The number of fused-ring (bicyclic) bond motifs is 1. The Labute approximate surface area is 167 Å². The maximum atomic E-state index is 10.2. The fraction of sp³-hybridized carbons (Fsp3) is 0.300. The lowest BCUT2D eigenvalue weighted by Crippen LogP contribution is -2.30. The number of nitrogens with one attached hydrogen (secondary N) is 1. The van der Waals surface area contributed by atoms with Crippen molar-refractivity contribution in [3.05, 3.63) is 46.0 Å². The first-order valence-corrected chi connectivity index (χ1v) is 9.77. The molecule has 0 radical (unpaired) electrons. The van der Waals surface area contributed by atoms with Gasteiger partial charge < -0.3 is 16.2 Å². The van der Waals surface area contributed by atoms with E-state index in [-0.39, 0.29) is 11.8 Å². The van der Waals surface area contributed by atoms with Crippen LogP contribution < -0.4 is 11.1 Å². The Bertz CT molecular complexity index is 913. The van der Waals surface area contributed by atoms with Gasteiger partial charge in [0, 0.05) is 21.5 Å². The van der Waals surface area contributed by atoms with E-state index in [0.717, 1.165) is 26.7 Å². The summed E-state index contributed by atoms with van der Waals surface area (Å²) in [6, 6.07) is 13.3. The number of hydrogen-bond donors (Lipinski definition) is 3. The van der Waals surface area contributed by atoms with Gasteiger partial charge in [0.2, 0.25) is 0 Å². The number of benzene rings is 2. The smallest absolute Gasteiger partial charge is 0.165 e. The first-order chi connectivity index (χ1) is 12.4. The van der Waals surface area contributed by atoms with Gasteiger partial charge in [-0.15, -0.1) is 0 Å². The third kappa shape index (κ3) is 4.42. The summed E-state index contributed by atoms with van der Waals surface area (Å²) in [5, 5.41) is 14.6. The molecule has 0 unspecified atom stereocenters. The molecule has 0 spiro atoms. The molecule has 5 nitrogen and oxygen atoms in total. The Morgan fingerprint density at radius 3 is 2.69 bits per heavy atom. The quantitative estimate of drug-likeness (QED) is 0.474. The zero-order valence-electron chi connectivity index (χ0n) is 14.9. The number of para-hydroxylation sites is 1. The maximum absolute atomic E-state index is 10.2. The predicted molar refractivity (Wildman–Crippen MR) is 115 cm³/mol. The number of nitrogens with two attached hydrogens (primary N) is 1. The summed E-state index contributed by atoms with van der Waals surface area (Å²) < 4.78 is 1.01. The monoisotopic (exact) mass is 462 g/mol. The summed E-state index contributed by atoms with van der Waals surface area (Å²) in [5.41, 5.74) is 7.66. The highest BCUT2D eigenvalue weighted by molar-refractivity contribution is 14.1. The molecule has 0 aliphatic heterocycles. The van der Waals surface area contributed by atoms with Crippen LogP contribution in [0.1, 0.15) is 20.3 Å². The van der Waals surface area contributed by atoms with E-state index < -0.39 is 0 Å². The number of anilines is 1. The fourth-order valence-corrected chi connectivity index (χ4v) is 3.43. The van der Waals surface area contributed by atoms with E-state index in [1.54, 1.807) is 6.07 Å². The van der Waals surface area contributed by atoms with E-state index in [2.05, 4.69) is 51.7 Å². The van der Waals surface area contributed by atoms with Crippen LogP contribution in [-0.4, -0.2) is 27.7 Å². The number of hydrogen-bond acceptors (Lipinski definition) is 5. The Morgan fingerprint density at radius 2 is 1.92 bits per heavy atom. The van der Waals surface area contributed by atoms with Crippen LogP contribution in [0.4, 0.5) is 5.82 Å². The van der Waals surface area contributed by atoms with Crippen LogP contribution in [0.3, 0.4) is 0 Å². The molecule has 1 aromatic heterocycles. The summed E-state index contributed by atoms with van der Waals surface area (Å²) in [7, 11) is 0. The summed E-state index contributed by atoms with van der Waals surface area (Å²) in [6.07, 6.45) is 0.945. The molecule has 1 heterocycles. The number of phenolic OH excluding ortho intramolecular Hbond substituents is 1. The highest BCUT2D eigenvalue weighted by Gasteiger charge is 2.14. The Hall–Kier alpha value is -1.93. The predicted octanol–water partition coefficient (Wildman–Crippen LogP) is 4.39. The van der Waals surface area contributed by atoms with Gasteiger partial charge in [-0.25, -0.2) is 9.97 Å². The van der Waals surface area contributed by atoms with Crippen LogP contribution in [0.25, 0.3) is 22.3 Å². The average molecular weight is 462 g/mol. The van der Waals surface area contributed by atoms with Gasteiger partial charge in [0.1, 0.15) is 11.6 Å². The summed E-state index contributed by atoms with van der Waals surface area (Å²) in [5.74, 6) is 1.96. The summed E-state index contributed by atoms with van der Waals surface area (Å²) in [6.45, 7) is 4.96. The average Bonchev–Trinajstić information content (AvgIpc) is 2.61. The number of aromatic nitrogens is 2. The number of phenols is 1. The van der Waals surface area contributed by atoms with Crippen molar-refractivity contribution in [2.75, 3.05) is 11.9 Å². The van der Waals surface area contributed by atoms with Gasteiger partial charge >= 0.3 is 0 Å². The molecule has 6 heteroatoms.